The van der Waals surface area contributed by atoms with Crippen LogP contribution in [-0.2, 0) is 28.6 Å². The highest BCUT2D eigenvalue weighted by molar-refractivity contribution is 5.70. The molecule has 0 aliphatic rings. The van der Waals surface area contributed by atoms with E-state index in [1.807, 2.05) is 0 Å². The maximum Gasteiger partial charge on any atom is 0.306 e. The second-order valence-corrected chi connectivity index (χ2v) is 16.3. The number of rotatable bonds is 40. The van der Waals surface area contributed by atoms with Crippen LogP contribution >= 0.6 is 0 Å². The fourth-order valence-corrected chi connectivity index (χ4v) is 6.27. The monoisotopic (exact) mass is 812 g/mol. The molecule has 2 atom stereocenters. The van der Waals surface area contributed by atoms with E-state index in [0.29, 0.717) is 12.8 Å². The topological polar surface area (TPSA) is 102 Å². The quantitative estimate of drug-likeness (QED) is 0.0263. The van der Waals surface area contributed by atoms with Crippen LogP contribution in [0.2, 0.25) is 0 Å². The molecule has 0 spiro atoms. The molecule has 0 radical (unpaired) electrons. The van der Waals surface area contributed by atoms with Gasteiger partial charge in [0.05, 0.1) is 40.3 Å². The summed E-state index contributed by atoms with van der Waals surface area (Å²) in [6, 6.07) is -0.736. The summed E-state index contributed by atoms with van der Waals surface area (Å²) in [5, 5.41) is 11.6. The molecule has 0 aliphatic carbocycles. The first kappa shape index (κ1) is 54.8. The lowest BCUT2D eigenvalue weighted by Gasteiger charge is -2.34. The second-order valence-electron chi connectivity index (χ2n) is 16.3. The molecular formula is C50H85NO7. The largest absolute Gasteiger partial charge is 0.544 e. The molecule has 0 aromatic heterocycles. The van der Waals surface area contributed by atoms with Crippen LogP contribution in [0.15, 0.2) is 72.9 Å². The number of hydrogen-bond donors (Lipinski definition) is 0. The van der Waals surface area contributed by atoms with Crippen LogP contribution in [0.3, 0.4) is 0 Å². The number of likely N-dealkylation sites (N-methyl/N-ethyl adjacent to an activating group) is 1. The highest BCUT2D eigenvalue weighted by Crippen LogP contribution is 2.13. The maximum atomic E-state index is 12.7. The Labute approximate surface area is 355 Å². The van der Waals surface area contributed by atoms with Crippen LogP contribution in [0.1, 0.15) is 174 Å². The molecule has 332 valence electrons. The third kappa shape index (κ3) is 38.3. The zero-order valence-electron chi connectivity index (χ0n) is 37.7. The van der Waals surface area contributed by atoms with Crippen LogP contribution < -0.4 is 5.11 Å². The Morgan fingerprint density at radius 2 is 0.966 bits per heavy atom. The summed E-state index contributed by atoms with van der Waals surface area (Å²) in [6.07, 6.45) is 50.7. The average Bonchev–Trinajstić information content (AvgIpc) is 3.18. The minimum atomic E-state index is -1.13. The van der Waals surface area contributed by atoms with Gasteiger partial charge in [0.1, 0.15) is 12.6 Å². The van der Waals surface area contributed by atoms with E-state index >= 15 is 0 Å². The van der Waals surface area contributed by atoms with Crippen molar-refractivity contribution in [3.05, 3.63) is 72.9 Å². The summed E-state index contributed by atoms with van der Waals surface area (Å²) in [5.41, 5.74) is 0. The molecule has 0 saturated carbocycles. The molecule has 8 heteroatoms. The van der Waals surface area contributed by atoms with Crippen LogP contribution in [0, 0.1) is 0 Å². The number of nitrogens with zero attached hydrogens (tertiary/aromatic N) is 1. The summed E-state index contributed by atoms with van der Waals surface area (Å²) in [4.78, 5) is 36.9. The Kier molecular flexibility index (Phi) is 38.3. The van der Waals surface area contributed by atoms with Crippen molar-refractivity contribution in [3.8, 4) is 0 Å². The standard InChI is InChI=1S/C50H85NO7/c1-6-8-10-12-14-16-18-20-22-23-24-25-27-29-31-33-35-37-39-41-49(53)58-46(44-56-43-42-47(50(54)55)51(3,4)5)45-57-48(52)40-38-36-34-32-30-28-26-21-19-17-15-13-11-9-7-2/h8,10,14,16,20-22,24-26,29,31,46-47H,6-7,9,11-13,15,17-19,23,27-28,30,32-45H2,1-5H3/b10-8-,16-14-,22-20-,25-24-,26-21-,31-29-. The molecule has 8 nitrogen and oxygen atoms in total. The molecule has 2 unspecified atom stereocenters. The first-order chi connectivity index (χ1) is 28.1. The van der Waals surface area contributed by atoms with Crippen LogP contribution in [0.25, 0.3) is 0 Å². The molecular weight excluding hydrogens is 727 g/mol. The number of quaternary nitrogens is 1. The number of allylic oxidation sites excluding steroid dienone is 12. The minimum Gasteiger partial charge on any atom is -0.544 e. The van der Waals surface area contributed by atoms with E-state index in [1.54, 1.807) is 21.1 Å². The molecule has 0 amide bonds. The summed E-state index contributed by atoms with van der Waals surface area (Å²) >= 11 is 0. The lowest BCUT2D eigenvalue weighted by Crippen LogP contribution is -2.55. The molecule has 0 aromatic carbocycles. The molecule has 0 aliphatic heterocycles. The van der Waals surface area contributed by atoms with E-state index in [4.69, 9.17) is 14.2 Å². The van der Waals surface area contributed by atoms with Gasteiger partial charge in [0, 0.05) is 19.3 Å². The summed E-state index contributed by atoms with van der Waals surface area (Å²) < 4.78 is 17.1. The minimum absolute atomic E-state index is 0.0212. The number of carbonyl (C=O) groups is 3. The molecule has 0 heterocycles. The Bertz CT molecular complexity index is 1180. The summed E-state index contributed by atoms with van der Waals surface area (Å²) in [5.74, 6) is -1.79. The Balaban J connectivity index is 4.42. The fraction of sp³-hybridized carbons (Fsp3) is 0.700. The molecule has 0 fully saturated rings. The first-order valence-corrected chi connectivity index (χ1v) is 23.0. The first-order valence-electron chi connectivity index (χ1n) is 23.0. The van der Waals surface area contributed by atoms with Crippen molar-refractivity contribution in [1.29, 1.82) is 0 Å². The average molecular weight is 812 g/mol. The lowest BCUT2D eigenvalue weighted by molar-refractivity contribution is -0.889. The van der Waals surface area contributed by atoms with E-state index in [9.17, 15) is 19.5 Å². The predicted molar refractivity (Wildman–Crippen MR) is 240 cm³/mol. The van der Waals surface area contributed by atoms with Crippen LogP contribution in [0.5, 0.6) is 0 Å². The smallest absolute Gasteiger partial charge is 0.306 e. The van der Waals surface area contributed by atoms with Crippen molar-refractivity contribution in [3.63, 3.8) is 0 Å². The Morgan fingerprint density at radius 1 is 0.534 bits per heavy atom. The van der Waals surface area contributed by atoms with E-state index in [1.165, 1.54) is 51.4 Å². The summed E-state index contributed by atoms with van der Waals surface area (Å²) in [6.45, 7) is 4.49. The third-order valence-electron chi connectivity index (χ3n) is 9.83. The van der Waals surface area contributed by atoms with Gasteiger partial charge in [0.15, 0.2) is 6.10 Å². The SMILES string of the molecule is CC/C=C\C/C=C\C/C=C\C/C=C\C/C=C\CCCCCC(=O)OC(COCCC(C(=O)[O-])[N+](C)(C)C)COC(=O)CCCCCCC/C=C\CCCCCCCC. The molecule has 0 aromatic rings. The van der Waals surface area contributed by atoms with E-state index in [2.05, 4.69) is 86.8 Å². The fourth-order valence-electron chi connectivity index (χ4n) is 6.27. The lowest BCUT2D eigenvalue weighted by atomic mass is 10.1. The normalized spacial score (nSPS) is 13.6. The number of unbranched alkanes of at least 4 members (excludes halogenated alkanes) is 14. The Morgan fingerprint density at radius 3 is 1.47 bits per heavy atom. The Hall–Kier alpha value is -3.23. The van der Waals surface area contributed by atoms with Gasteiger partial charge in [-0.15, -0.1) is 0 Å². The van der Waals surface area contributed by atoms with Crippen LogP contribution in [0.4, 0.5) is 0 Å². The third-order valence-corrected chi connectivity index (χ3v) is 9.83. The number of hydrogen-bond acceptors (Lipinski definition) is 7. The number of aliphatic carboxylic acids is 1. The molecule has 0 bridgehead atoms. The van der Waals surface area contributed by atoms with Crippen molar-refractivity contribution in [2.45, 2.75) is 187 Å². The van der Waals surface area contributed by atoms with Crippen molar-refractivity contribution >= 4 is 17.9 Å². The zero-order chi connectivity index (χ0) is 42.8. The van der Waals surface area contributed by atoms with Crippen molar-refractivity contribution in [1.82, 2.24) is 0 Å². The van der Waals surface area contributed by atoms with Gasteiger partial charge in [-0.05, 0) is 83.5 Å². The predicted octanol–water partition coefficient (Wildman–Crippen LogP) is 11.4. The number of carboxylic acids is 1. The van der Waals surface area contributed by atoms with E-state index in [0.717, 1.165) is 83.5 Å². The highest BCUT2D eigenvalue weighted by Gasteiger charge is 2.25. The second kappa shape index (κ2) is 40.5. The summed E-state index contributed by atoms with van der Waals surface area (Å²) in [7, 11) is 5.39. The van der Waals surface area contributed by atoms with Crippen LogP contribution in [-0.4, -0.2) is 75.5 Å². The van der Waals surface area contributed by atoms with Gasteiger partial charge in [-0.3, -0.25) is 9.59 Å². The van der Waals surface area contributed by atoms with Gasteiger partial charge in [0.25, 0.3) is 0 Å². The van der Waals surface area contributed by atoms with Gasteiger partial charge in [-0.25, -0.2) is 0 Å². The van der Waals surface area contributed by atoms with Gasteiger partial charge >= 0.3 is 11.9 Å². The van der Waals surface area contributed by atoms with Crippen molar-refractivity contribution < 1.29 is 38.2 Å². The number of carbonyl (C=O) groups excluding carboxylic acids is 3. The number of esters is 2. The molecule has 0 N–H and O–H groups in total. The van der Waals surface area contributed by atoms with Gasteiger partial charge < -0.3 is 28.6 Å². The van der Waals surface area contributed by atoms with Gasteiger partial charge in [0.2, 0.25) is 0 Å². The molecule has 58 heavy (non-hydrogen) atoms. The van der Waals surface area contributed by atoms with Gasteiger partial charge in [-0.1, -0.05) is 145 Å². The highest BCUT2D eigenvalue weighted by atomic mass is 16.6. The maximum absolute atomic E-state index is 12.7. The van der Waals surface area contributed by atoms with Gasteiger partial charge in [-0.2, -0.15) is 0 Å². The molecule has 0 saturated heterocycles. The van der Waals surface area contributed by atoms with Crippen molar-refractivity contribution in [2.24, 2.45) is 0 Å². The molecule has 0 rings (SSSR count). The zero-order valence-corrected chi connectivity index (χ0v) is 37.7. The van der Waals surface area contributed by atoms with E-state index in [-0.39, 0.29) is 49.1 Å². The van der Waals surface area contributed by atoms with Crippen molar-refractivity contribution in [2.75, 3.05) is 41.0 Å². The van der Waals surface area contributed by atoms with E-state index < -0.39 is 18.1 Å². The number of ether oxygens (including phenoxy) is 3. The number of carboxylic acid groups (broad SMARTS) is 1.